The van der Waals surface area contributed by atoms with E-state index in [9.17, 15) is 0 Å². The molecule has 0 aromatic heterocycles. The van der Waals surface area contributed by atoms with Crippen LogP contribution in [-0.4, -0.2) is 0 Å². The van der Waals surface area contributed by atoms with Crippen LogP contribution in [0.1, 0.15) is 25.0 Å². The van der Waals surface area contributed by atoms with Gasteiger partial charge in [0.15, 0.2) is 0 Å². The molecule has 0 amide bonds. The lowest BCUT2D eigenvalue weighted by molar-refractivity contribution is 0.454. The van der Waals surface area contributed by atoms with Gasteiger partial charge in [0.25, 0.3) is 0 Å². The Morgan fingerprint density at radius 1 is 0.778 bits per heavy atom. The van der Waals surface area contributed by atoms with Gasteiger partial charge in [0.05, 0.1) is 9.79 Å². The average molecular weight is 258 g/mol. The fraction of sp³-hybridized carbons (Fsp3) is 0.250. The number of benzene rings is 2. The van der Waals surface area contributed by atoms with Crippen molar-refractivity contribution in [1.82, 2.24) is 0 Å². The van der Waals surface area contributed by atoms with Crippen molar-refractivity contribution in [2.75, 3.05) is 0 Å². The third-order valence-electron chi connectivity index (χ3n) is 2.64. The first-order valence-electron chi connectivity index (χ1n) is 6.29. The van der Waals surface area contributed by atoms with E-state index >= 15 is 0 Å². The molecule has 94 valence electrons. The van der Waals surface area contributed by atoms with Gasteiger partial charge in [0.2, 0.25) is 0 Å². The minimum atomic E-state index is 0.966. The van der Waals surface area contributed by atoms with Gasteiger partial charge in [-0.25, -0.2) is 0 Å². The monoisotopic (exact) mass is 258 g/mol. The molecular formula is C16H18OS. The van der Waals surface area contributed by atoms with Crippen molar-refractivity contribution in [2.24, 2.45) is 0 Å². The first-order chi connectivity index (χ1) is 8.72. The number of fused-ring (bicyclic) bond motifs is 2. The molecule has 0 radical (unpaired) electrons. The summed E-state index contributed by atoms with van der Waals surface area (Å²) in [6, 6.07) is 12.6. The fourth-order valence-electron chi connectivity index (χ4n) is 1.80. The molecule has 2 aromatic carbocycles. The fourth-order valence-corrected chi connectivity index (χ4v) is 2.82. The molecule has 2 aromatic rings. The number of hydrogen-bond acceptors (Lipinski definition) is 2. The smallest absolute Gasteiger partial charge is 0.141 e. The van der Waals surface area contributed by atoms with E-state index in [4.69, 9.17) is 4.74 Å². The molecule has 3 rings (SSSR count). The molecule has 1 heterocycles. The van der Waals surface area contributed by atoms with Crippen LogP contribution < -0.4 is 4.74 Å². The summed E-state index contributed by atoms with van der Waals surface area (Å²) >= 11 is 1.78. The van der Waals surface area contributed by atoms with Crippen LogP contribution in [0, 0.1) is 13.8 Å². The van der Waals surface area contributed by atoms with Gasteiger partial charge >= 0.3 is 0 Å². The summed E-state index contributed by atoms with van der Waals surface area (Å²) in [4.78, 5) is 2.40. The Hall–Kier alpha value is -1.41. The van der Waals surface area contributed by atoms with Crippen molar-refractivity contribution >= 4 is 11.8 Å². The van der Waals surface area contributed by atoms with E-state index in [0.717, 1.165) is 11.5 Å². The molecular weight excluding hydrogens is 240 g/mol. The van der Waals surface area contributed by atoms with Crippen molar-refractivity contribution in [3.8, 4) is 11.5 Å². The summed E-state index contributed by atoms with van der Waals surface area (Å²) in [5.41, 5.74) is 2.50. The second-order valence-corrected chi connectivity index (χ2v) is 5.19. The Morgan fingerprint density at radius 3 is 2.22 bits per heavy atom. The highest BCUT2D eigenvalue weighted by atomic mass is 32.2. The van der Waals surface area contributed by atoms with Crippen LogP contribution in [0.25, 0.3) is 0 Å². The highest BCUT2D eigenvalue weighted by Crippen LogP contribution is 2.47. The van der Waals surface area contributed by atoms with E-state index in [1.54, 1.807) is 11.8 Å². The zero-order chi connectivity index (χ0) is 13.1. The van der Waals surface area contributed by atoms with Gasteiger partial charge in [-0.2, -0.15) is 0 Å². The van der Waals surface area contributed by atoms with E-state index in [0.29, 0.717) is 0 Å². The van der Waals surface area contributed by atoms with Gasteiger partial charge in [0, 0.05) is 0 Å². The maximum Gasteiger partial charge on any atom is 0.141 e. The zero-order valence-electron chi connectivity index (χ0n) is 11.3. The van der Waals surface area contributed by atoms with E-state index in [2.05, 4.69) is 44.2 Å². The molecule has 2 heteroatoms. The highest BCUT2D eigenvalue weighted by molar-refractivity contribution is 7.99. The van der Waals surface area contributed by atoms with Crippen LogP contribution in [-0.2, 0) is 0 Å². The zero-order valence-corrected chi connectivity index (χ0v) is 12.1. The van der Waals surface area contributed by atoms with Crippen LogP contribution >= 0.6 is 11.8 Å². The van der Waals surface area contributed by atoms with Gasteiger partial charge in [-0.15, -0.1) is 0 Å². The van der Waals surface area contributed by atoms with Gasteiger partial charge in [-0.1, -0.05) is 37.7 Å². The minimum Gasteiger partial charge on any atom is -0.455 e. The van der Waals surface area contributed by atoms with E-state index < -0.39 is 0 Å². The molecule has 0 unspecified atom stereocenters. The minimum absolute atomic E-state index is 0.966. The molecule has 0 saturated carbocycles. The lowest BCUT2D eigenvalue weighted by Gasteiger charge is -2.20. The molecule has 0 atom stereocenters. The summed E-state index contributed by atoms with van der Waals surface area (Å²) in [6.07, 6.45) is 0. The molecule has 0 fully saturated rings. The molecule has 0 saturated heterocycles. The van der Waals surface area contributed by atoms with Crippen LogP contribution in [0.2, 0.25) is 0 Å². The van der Waals surface area contributed by atoms with E-state index in [1.165, 1.54) is 20.9 Å². The van der Waals surface area contributed by atoms with E-state index in [-0.39, 0.29) is 0 Å². The van der Waals surface area contributed by atoms with Crippen molar-refractivity contribution in [1.29, 1.82) is 0 Å². The standard InChI is InChI=1S/C14H12OS.C2H6/c1-9-4-6-13-12(7-9)15-11-5-3-10(2)8-14(11)16-13;1-2/h3-8H,1-2H3;1-2H3. The Bertz CT molecular complexity index is 510. The highest BCUT2D eigenvalue weighted by Gasteiger charge is 2.17. The van der Waals surface area contributed by atoms with Crippen LogP contribution in [0.3, 0.4) is 0 Å². The molecule has 1 nitrogen and oxygen atoms in total. The van der Waals surface area contributed by atoms with Gasteiger partial charge < -0.3 is 4.74 Å². The summed E-state index contributed by atoms with van der Waals surface area (Å²) in [5, 5.41) is 0. The quantitative estimate of drug-likeness (QED) is 0.520. The Balaban J connectivity index is 0.000000574. The van der Waals surface area contributed by atoms with Gasteiger partial charge in [-0.05, 0) is 49.2 Å². The largest absolute Gasteiger partial charge is 0.455 e. The molecule has 0 bridgehead atoms. The summed E-state index contributed by atoms with van der Waals surface area (Å²) in [7, 11) is 0. The second kappa shape index (κ2) is 5.49. The van der Waals surface area contributed by atoms with Crippen molar-refractivity contribution in [3.05, 3.63) is 47.5 Å². The normalized spacial score (nSPS) is 11.6. The average Bonchev–Trinajstić information content (AvgIpc) is 2.39. The van der Waals surface area contributed by atoms with Crippen molar-refractivity contribution in [2.45, 2.75) is 37.5 Å². The lowest BCUT2D eigenvalue weighted by atomic mass is 10.2. The maximum absolute atomic E-state index is 5.89. The van der Waals surface area contributed by atoms with Crippen molar-refractivity contribution < 1.29 is 4.74 Å². The predicted octanol–water partition coefficient (Wildman–Crippen LogP) is 5.59. The van der Waals surface area contributed by atoms with Crippen molar-refractivity contribution in [3.63, 3.8) is 0 Å². The first kappa shape index (κ1) is 13.0. The first-order valence-corrected chi connectivity index (χ1v) is 7.11. The third kappa shape index (κ3) is 2.54. The van der Waals surface area contributed by atoms with Crippen LogP contribution in [0.5, 0.6) is 11.5 Å². The molecule has 18 heavy (non-hydrogen) atoms. The molecule has 0 spiro atoms. The second-order valence-electron chi connectivity index (χ2n) is 4.10. The van der Waals surface area contributed by atoms with Gasteiger partial charge in [0.1, 0.15) is 11.5 Å². The number of aryl methyl sites for hydroxylation is 2. The number of ether oxygens (including phenoxy) is 1. The Labute approximate surface area is 113 Å². The lowest BCUT2D eigenvalue weighted by Crippen LogP contribution is -1.95. The third-order valence-corrected chi connectivity index (χ3v) is 3.73. The molecule has 1 aliphatic heterocycles. The van der Waals surface area contributed by atoms with Gasteiger partial charge in [-0.3, -0.25) is 0 Å². The Kier molecular flexibility index (Phi) is 3.97. The molecule has 0 N–H and O–H groups in total. The predicted molar refractivity (Wildman–Crippen MR) is 77.9 cm³/mol. The maximum atomic E-state index is 5.89. The topological polar surface area (TPSA) is 9.23 Å². The Morgan fingerprint density at radius 2 is 1.44 bits per heavy atom. The number of rotatable bonds is 0. The van der Waals surface area contributed by atoms with Crippen LogP contribution in [0.15, 0.2) is 46.2 Å². The summed E-state index contributed by atoms with van der Waals surface area (Å²) in [6.45, 7) is 8.18. The summed E-state index contributed by atoms with van der Waals surface area (Å²) < 4.78 is 5.89. The SMILES string of the molecule is CC.Cc1ccc2c(c1)Oc1ccc(C)cc1S2. The molecule has 0 aliphatic carbocycles. The molecule has 1 aliphatic rings. The van der Waals surface area contributed by atoms with E-state index in [1.807, 2.05) is 19.9 Å². The van der Waals surface area contributed by atoms with Crippen LogP contribution in [0.4, 0.5) is 0 Å². The summed E-state index contributed by atoms with van der Waals surface area (Å²) in [5.74, 6) is 1.94. The number of hydrogen-bond donors (Lipinski definition) is 0.